The average Bonchev–Trinajstić information content (AvgIpc) is 2.95. The van der Waals surface area contributed by atoms with Crippen LogP contribution in [0.25, 0.3) is 23.3 Å². The van der Waals surface area contributed by atoms with E-state index in [-0.39, 0.29) is 23.7 Å². The van der Waals surface area contributed by atoms with Gasteiger partial charge in [-0.3, -0.25) is 9.59 Å². The van der Waals surface area contributed by atoms with E-state index in [1.807, 2.05) is 78.9 Å². The maximum Gasteiger partial charge on any atom is 0.163 e. The molecule has 0 unspecified atom stereocenters. The second-order valence-corrected chi connectivity index (χ2v) is 8.59. The summed E-state index contributed by atoms with van der Waals surface area (Å²) < 4.78 is 11.2. The molecule has 0 fully saturated rings. The minimum absolute atomic E-state index is 0.0649. The fourth-order valence-electron chi connectivity index (χ4n) is 3.88. The number of benzene rings is 4. The third kappa shape index (κ3) is 7.31. The Morgan fingerprint density at radius 2 is 1.42 bits per heavy atom. The normalized spacial score (nSPS) is 11.1. The van der Waals surface area contributed by atoms with Crippen LogP contribution in [0.2, 0.25) is 0 Å². The van der Waals surface area contributed by atoms with Gasteiger partial charge in [0.25, 0.3) is 0 Å². The van der Waals surface area contributed by atoms with E-state index in [1.165, 1.54) is 31.4 Å². The van der Waals surface area contributed by atoms with E-state index >= 15 is 0 Å². The summed E-state index contributed by atoms with van der Waals surface area (Å²) >= 11 is 0. The summed E-state index contributed by atoms with van der Waals surface area (Å²) in [4.78, 5) is 25.0. The summed E-state index contributed by atoms with van der Waals surface area (Å²) in [6, 6.07) is 30.2. The number of ether oxygens (including phenoxy) is 2. The summed E-state index contributed by atoms with van der Waals surface area (Å²) in [6.45, 7) is 0.431. The fourth-order valence-corrected chi connectivity index (χ4v) is 3.88. The van der Waals surface area contributed by atoms with Crippen molar-refractivity contribution in [2.45, 2.75) is 13.0 Å². The molecule has 0 spiro atoms. The molecule has 4 rings (SSSR count). The Bertz CT molecular complexity index is 1450. The van der Waals surface area contributed by atoms with Gasteiger partial charge in [0.2, 0.25) is 0 Å². The van der Waals surface area contributed by atoms with E-state index in [2.05, 4.69) is 0 Å². The topological polar surface area (TPSA) is 72.8 Å². The first kappa shape index (κ1) is 26.2. The molecule has 0 saturated heterocycles. The van der Waals surface area contributed by atoms with E-state index in [0.29, 0.717) is 23.7 Å². The molecule has 38 heavy (non-hydrogen) atoms. The van der Waals surface area contributed by atoms with Crippen LogP contribution < -0.4 is 9.47 Å². The van der Waals surface area contributed by atoms with Crippen LogP contribution in [0.15, 0.2) is 109 Å². The summed E-state index contributed by atoms with van der Waals surface area (Å²) in [6.07, 6.45) is 5.79. The highest BCUT2D eigenvalue weighted by Gasteiger charge is 2.09. The molecule has 5 nitrogen and oxygen atoms in total. The molecule has 0 heterocycles. The molecule has 5 heteroatoms. The number of ketones is 2. The van der Waals surface area contributed by atoms with Crippen LogP contribution in [0, 0.1) is 0 Å². The molecule has 190 valence electrons. The molecule has 0 aliphatic heterocycles. The Hall–Kier alpha value is -4.90. The Labute approximate surface area is 222 Å². The molecule has 0 radical (unpaired) electrons. The predicted octanol–water partition coefficient (Wildman–Crippen LogP) is 6.90. The van der Waals surface area contributed by atoms with Gasteiger partial charge in [0.05, 0.1) is 13.5 Å². The van der Waals surface area contributed by atoms with Crippen LogP contribution in [0.4, 0.5) is 0 Å². The van der Waals surface area contributed by atoms with Gasteiger partial charge in [-0.1, -0.05) is 72.8 Å². The summed E-state index contributed by atoms with van der Waals surface area (Å²) in [5, 5.41) is 9.58. The molecule has 0 saturated carbocycles. The predicted molar refractivity (Wildman–Crippen MR) is 150 cm³/mol. The van der Waals surface area contributed by atoms with Crippen molar-refractivity contribution in [3.8, 4) is 28.4 Å². The van der Waals surface area contributed by atoms with Crippen LogP contribution in [0.3, 0.4) is 0 Å². The lowest BCUT2D eigenvalue weighted by Gasteiger charge is -2.11. The lowest BCUT2D eigenvalue weighted by atomic mass is 9.98. The molecular weight excluding hydrogens is 476 g/mol. The van der Waals surface area contributed by atoms with Gasteiger partial charge >= 0.3 is 0 Å². The third-order valence-corrected chi connectivity index (χ3v) is 5.82. The van der Waals surface area contributed by atoms with Crippen molar-refractivity contribution >= 4 is 23.7 Å². The van der Waals surface area contributed by atoms with Gasteiger partial charge in [0.1, 0.15) is 23.9 Å². The van der Waals surface area contributed by atoms with Gasteiger partial charge < -0.3 is 14.6 Å². The van der Waals surface area contributed by atoms with Crippen molar-refractivity contribution in [1.82, 2.24) is 0 Å². The highest BCUT2D eigenvalue weighted by molar-refractivity contribution is 6.11. The Morgan fingerprint density at radius 1 is 0.763 bits per heavy atom. The van der Waals surface area contributed by atoms with Crippen LogP contribution in [0.5, 0.6) is 17.2 Å². The van der Waals surface area contributed by atoms with E-state index in [4.69, 9.17) is 9.47 Å². The van der Waals surface area contributed by atoms with Crippen molar-refractivity contribution in [2.75, 3.05) is 7.11 Å². The van der Waals surface area contributed by atoms with E-state index < -0.39 is 0 Å². The number of hydrogen-bond acceptors (Lipinski definition) is 5. The molecule has 0 atom stereocenters. The minimum atomic E-state index is -0.335. The first-order valence-electron chi connectivity index (χ1n) is 12.2. The van der Waals surface area contributed by atoms with Gasteiger partial charge in [-0.2, -0.15) is 0 Å². The van der Waals surface area contributed by atoms with Crippen molar-refractivity contribution in [3.63, 3.8) is 0 Å². The second kappa shape index (κ2) is 12.9. The number of carbonyl (C=O) groups excluding carboxylic acids is 2. The molecule has 0 aliphatic carbocycles. The highest BCUT2D eigenvalue weighted by atomic mass is 16.5. The largest absolute Gasteiger partial charge is 0.508 e. The monoisotopic (exact) mass is 504 g/mol. The van der Waals surface area contributed by atoms with E-state index in [0.717, 1.165) is 22.3 Å². The lowest BCUT2D eigenvalue weighted by molar-refractivity contribution is -0.121. The summed E-state index contributed by atoms with van der Waals surface area (Å²) in [5.41, 5.74) is 4.46. The standard InChI is InChI=1S/C33H28O5/c1-37-33-22-30(36)16-13-26(33)12-15-28(34)21-29(35)17-14-27-20-31(38-23-24-8-4-2-5-9-24)18-19-32(27)25-10-6-3-7-11-25/h2-20,22,36H,21,23H2,1H3. The van der Waals surface area contributed by atoms with Crippen LogP contribution in [0.1, 0.15) is 23.1 Å². The third-order valence-electron chi connectivity index (χ3n) is 5.82. The second-order valence-electron chi connectivity index (χ2n) is 8.59. The summed E-state index contributed by atoms with van der Waals surface area (Å²) in [7, 11) is 1.48. The highest BCUT2D eigenvalue weighted by Crippen LogP contribution is 2.29. The quantitative estimate of drug-likeness (QED) is 0.178. The number of phenols is 1. The number of methoxy groups -OCH3 is 1. The molecule has 0 aliphatic rings. The molecule has 0 aromatic heterocycles. The Morgan fingerprint density at radius 3 is 2.11 bits per heavy atom. The van der Waals surface area contributed by atoms with Crippen molar-refractivity contribution < 1.29 is 24.2 Å². The Balaban J connectivity index is 1.48. The average molecular weight is 505 g/mol. The van der Waals surface area contributed by atoms with Gasteiger partial charge in [0, 0.05) is 11.6 Å². The minimum Gasteiger partial charge on any atom is -0.508 e. The van der Waals surface area contributed by atoms with Crippen LogP contribution in [-0.4, -0.2) is 23.8 Å². The molecule has 4 aromatic carbocycles. The number of carbonyl (C=O) groups is 2. The van der Waals surface area contributed by atoms with Gasteiger partial charge in [0.15, 0.2) is 11.6 Å². The van der Waals surface area contributed by atoms with Gasteiger partial charge in [-0.05, 0) is 64.7 Å². The summed E-state index contributed by atoms with van der Waals surface area (Å²) in [5.74, 6) is 0.533. The van der Waals surface area contributed by atoms with Gasteiger partial charge in [-0.15, -0.1) is 0 Å². The van der Waals surface area contributed by atoms with Gasteiger partial charge in [-0.25, -0.2) is 0 Å². The van der Waals surface area contributed by atoms with Crippen molar-refractivity contribution in [3.05, 3.63) is 126 Å². The molecule has 1 N–H and O–H groups in total. The number of phenolic OH excluding ortho intramolecular Hbond substituents is 1. The van der Waals surface area contributed by atoms with E-state index in [9.17, 15) is 14.7 Å². The molecule has 0 amide bonds. The number of allylic oxidation sites excluding steroid dienone is 2. The van der Waals surface area contributed by atoms with Crippen molar-refractivity contribution in [2.24, 2.45) is 0 Å². The maximum atomic E-state index is 12.6. The zero-order chi connectivity index (χ0) is 26.7. The fraction of sp³-hybridized carbons (Fsp3) is 0.0909. The lowest BCUT2D eigenvalue weighted by Crippen LogP contribution is -2.02. The SMILES string of the molecule is COc1cc(O)ccc1C=CC(=O)CC(=O)C=Cc1cc(OCc2ccccc2)ccc1-c1ccccc1. The first-order chi connectivity index (χ1) is 18.5. The molecule has 0 bridgehead atoms. The molecular formula is C33H28O5. The zero-order valence-corrected chi connectivity index (χ0v) is 21.0. The smallest absolute Gasteiger partial charge is 0.163 e. The zero-order valence-electron chi connectivity index (χ0n) is 21.0. The van der Waals surface area contributed by atoms with Crippen LogP contribution >= 0.6 is 0 Å². The molecule has 4 aromatic rings. The van der Waals surface area contributed by atoms with E-state index in [1.54, 1.807) is 18.2 Å². The van der Waals surface area contributed by atoms with Crippen molar-refractivity contribution in [1.29, 1.82) is 0 Å². The Kier molecular flexibility index (Phi) is 8.87. The van der Waals surface area contributed by atoms with Crippen LogP contribution in [-0.2, 0) is 16.2 Å². The number of aromatic hydroxyl groups is 1. The maximum absolute atomic E-state index is 12.6. The number of hydrogen-bond donors (Lipinski definition) is 1. The number of rotatable bonds is 11. The first-order valence-corrected chi connectivity index (χ1v) is 12.2.